The lowest BCUT2D eigenvalue weighted by molar-refractivity contribution is 0.00673. The molecule has 0 saturated carbocycles. The van der Waals surface area contributed by atoms with Crippen molar-refractivity contribution in [2.24, 2.45) is 11.8 Å². The van der Waals surface area contributed by atoms with Gasteiger partial charge in [0.15, 0.2) is 0 Å². The van der Waals surface area contributed by atoms with Crippen LogP contribution in [0.15, 0.2) is 24.3 Å². The van der Waals surface area contributed by atoms with Crippen LogP contribution in [0.4, 0.5) is 0 Å². The minimum Gasteiger partial charge on any atom is -0.478 e. The van der Waals surface area contributed by atoms with E-state index < -0.39 is 5.97 Å². The lowest BCUT2D eigenvalue weighted by Gasteiger charge is -2.27. The van der Waals surface area contributed by atoms with Crippen molar-refractivity contribution in [1.82, 2.24) is 0 Å². The van der Waals surface area contributed by atoms with Crippen molar-refractivity contribution in [3.63, 3.8) is 0 Å². The highest BCUT2D eigenvalue weighted by Crippen LogP contribution is 2.27. The minimum absolute atomic E-state index is 0.0615. The Morgan fingerprint density at radius 2 is 1.35 bits per heavy atom. The van der Waals surface area contributed by atoms with Gasteiger partial charge in [-0.2, -0.15) is 0 Å². The zero-order valence-electron chi connectivity index (χ0n) is 20.2. The van der Waals surface area contributed by atoms with Gasteiger partial charge in [-0.25, -0.2) is 9.59 Å². The number of benzene rings is 1. The number of hydrogen-bond acceptors (Lipinski definition) is 3. The van der Waals surface area contributed by atoms with Gasteiger partial charge < -0.3 is 9.84 Å². The van der Waals surface area contributed by atoms with Crippen LogP contribution in [0.3, 0.4) is 0 Å². The topological polar surface area (TPSA) is 63.6 Å². The Morgan fingerprint density at radius 1 is 0.774 bits per heavy atom. The molecular weight excluding hydrogens is 388 g/mol. The van der Waals surface area contributed by atoms with Gasteiger partial charge in [-0.15, -0.1) is 0 Å². The molecule has 0 aliphatic heterocycles. The largest absolute Gasteiger partial charge is 0.478 e. The lowest BCUT2D eigenvalue weighted by atomic mass is 9.88. The van der Waals surface area contributed by atoms with Gasteiger partial charge in [-0.1, -0.05) is 79.1 Å². The van der Waals surface area contributed by atoms with E-state index in [1.807, 2.05) is 0 Å². The molecule has 0 aliphatic rings. The van der Waals surface area contributed by atoms with E-state index in [0.717, 1.165) is 38.0 Å². The van der Waals surface area contributed by atoms with Crippen molar-refractivity contribution < 1.29 is 19.4 Å². The highest BCUT2D eigenvalue weighted by atomic mass is 16.5. The van der Waals surface area contributed by atoms with Crippen LogP contribution in [0.2, 0.25) is 0 Å². The molecule has 0 fully saturated rings. The van der Waals surface area contributed by atoms with Gasteiger partial charge in [0.2, 0.25) is 0 Å². The number of carboxylic acids is 1. The van der Waals surface area contributed by atoms with Gasteiger partial charge in [-0.3, -0.25) is 0 Å². The van der Waals surface area contributed by atoms with Gasteiger partial charge in [0.1, 0.15) is 6.10 Å². The number of carboxylic acid groups (broad SMARTS) is 1. The molecule has 31 heavy (non-hydrogen) atoms. The minimum atomic E-state index is -0.991. The third-order valence-corrected chi connectivity index (χ3v) is 6.01. The number of ether oxygens (including phenoxy) is 1. The van der Waals surface area contributed by atoms with E-state index in [1.165, 1.54) is 57.1 Å². The number of hydrogen-bond donors (Lipinski definition) is 1. The summed E-state index contributed by atoms with van der Waals surface area (Å²) in [7, 11) is 0. The third kappa shape index (κ3) is 11.4. The molecule has 0 aliphatic carbocycles. The van der Waals surface area contributed by atoms with Gasteiger partial charge in [0, 0.05) is 0 Å². The summed E-state index contributed by atoms with van der Waals surface area (Å²) in [6.45, 7) is 8.95. The Kier molecular flexibility index (Phi) is 13.9. The standard InChI is InChI=1S/C27H44O4/c1-5-7-10-15-22(13-6-2)25(16-12-9-8-11-14-21(3)4)31-27(30)24-19-17-23(18-20-24)26(28)29/h17-22,25H,5-16H2,1-4H3,(H,28,29). The van der Waals surface area contributed by atoms with Crippen molar-refractivity contribution in [1.29, 1.82) is 0 Å². The normalized spacial score (nSPS) is 13.2. The first kappa shape index (κ1) is 27.2. The molecule has 2 atom stereocenters. The van der Waals surface area contributed by atoms with Gasteiger partial charge in [-0.05, 0) is 61.8 Å². The monoisotopic (exact) mass is 432 g/mol. The maximum atomic E-state index is 12.8. The van der Waals surface area contributed by atoms with E-state index in [4.69, 9.17) is 9.84 Å². The van der Waals surface area contributed by atoms with Crippen molar-refractivity contribution in [2.75, 3.05) is 0 Å². The Hall–Kier alpha value is -1.84. The van der Waals surface area contributed by atoms with Crippen LogP contribution in [0, 0.1) is 11.8 Å². The second-order valence-electron chi connectivity index (χ2n) is 9.26. The fourth-order valence-corrected chi connectivity index (χ4v) is 4.14. The predicted molar refractivity (Wildman–Crippen MR) is 128 cm³/mol. The summed E-state index contributed by atoms with van der Waals surface area (Å²) >= 11 is 0. The number of aromatic carboxylic acids is 1. The molecule has 1 rings (SSSR count). The first-order valence-electron chi connectivity index (χ1n) is 12.4. The van der Waals surface area contributed by atoms with E-state index in [0.29, 0.717) is 11.5 Å². The molecule has 1 aromatic rings. The van der Waals surface area contributed by atoms with E-state index in [2.05, 4.69) is 27.7 Å². The van der Waals surface area contributed by atoms with Gasteiger partial charge in [0.25, 0.3) is 0 Å². The maximum Gasteiger partial charge on any atom is 0.338 e. The number of unbranched alkanes of at least 4 members (excludes halogenated alkanes) is 5. The zero-order valence-corrected chi connectivity index (χ0v) is 20.2. The highest BCUT2D eigenvalue weighted by Gasteiger charge is 2.25. The van der Waals surface area contributed by atoms with Crippen LogP contribution >= 0.6 is 0 Å². The van der Waals surface area contributed by atoms with Crippen molar-refractivity contribution in [3.05, 3.63) is 35.4 Å². The second kappa shape index (κ2) is 15.9. The van der Waals surface area contributed by atoms with E-state index >= 15 is 0 Å². The molecule has 0 spiro atoms. The molecule has 0 saturated heterocycles. The summed E-state index contributed by atoms with van der Waals surface area (Å²) in [6.07, 6.45) is 13.8. The molecule has 176 valence electrons. The molecule has 1 aromatic carbocycles. The predicted octanol–water partition coefficient (Wildman–Crippen LogP) is 7.90. The van der Waals surface area contributed by atoms with Crippen LogP contribution in [0.25, 0.3) is 0 Å². The fraction of sp³-hybridized carbons (Fsp3) is 0.704. The van der Waals surface area contributed by atoms with Crippen molar-refractivity contribution in [2.45, 2.75) is 111 Å². The summed E-state index contributed by atoms with van der Waals surface area (Å²) in [5.74, 6) is -0.171. The summed E-state index contributed by atoms with van der Waals surface area (Å²) < 4.78 is 6.04. The Morgan fingerprint density at radius 3 is 1.90 bits per heavy atom. The molecule has 0 aromatic heterocycles. The molecule has 0 amide bonds. The lowest BCUT2D eigenvalue weighted by Crippen LogP contribution is -2.27. The first-order valence-corrected chi connectivity index (χ1v) is 12.4. The SMILES string of the molecule is CCCCCC(CCC)C(CCCCCCC(C)C)OC(=O)c1ccc(C(=O)O)cc1. The maximum absolute atomic E-state index is 12.8. The second-order valence-corrected chi connectivity index (χ2v) is 9.26. The molecule has 0 heterocycles. The number of esters is 1. The smallest absolute Gasteiger partial charge is 0.338 e. The van der Waals surface area contributed by atoms with Crippen LogP contribution in [-0.4, -0.2) is 23.1 Å². The molecule has 2 unspecified atom stereocenters. The quantitative estimate of drug-likeness (QED) is 0.201. The zero-order chi connectivity index (χ0) is 23.1. The van der Waals surface area contributed by atoms with E-state index in [-0.39, 0.29) is 17.6 Å². The van der Waals surface area contributed by atoms with Crippen molar-refractivity contribution in [3.8, 4) is 0 Å². The first-order chi connectivity index (χ1) is 14.9. The van der Waals surface area contributed by atoms with Gasteiger partial charge >= 0.3 is 11.9 Å². The number of carbonyl (C=O) groups is 2. The Bertz CT molecular complexity index is 621. The molecule has 1 N–H and O–H groups in total. The van der Waals surface area contributed by atoms with Crippen molar-refractivity contribution >= 4 is 11.9 Å². The summed E-state index contributed by atoms with van der Waals surface area (Å²) in [5.41, 5.74) is 0.605. The van der Waals surface area contributed by atoms with Crippen LogP contribution in [-0.2, 0) is 4.74 Å². The van der Waals surface area contributed by atoms with Crippen LogP contribution in [0.5, 0.6) is 0 Å². The molecule has 0 bridgehead atoms. The fourth-order valence-electron chi connectivity index (χ4n) is 4.14. The van der Waals surface area contributed by atoms with Gasteiger partial charge in [0.05, 0.1) is 11.1 Å². The average molecular weight is 433 g/mol. The summed E-state index contributed by atoms with van der Waals surface area (Å²) in [6, 6.07) is 6.04. The number of carbonyl (C=O) groups excluding carboxylic acids is 1. The van der Waals surface area contributed by atoms with E-state index in [9.17, 15) is 9.59 Å². The molecule has 0 radical (unpaired) electrons. The molecular formula is C27H44O4. The Labute approximate surface area is 189 Å². The van der Waals surface area contributed by atoms with Crippen LogP contribution < -0.4 is 0 Å². The number of rotatable bonds is 17. The van der Waals surface area contributed by atoms with Crippen LogP contribution in [0.1, 0.15) is 125 Å². The molecule has 4 nitrogen and oxygen atoms in total. The van der Waals surface area contributed by atoms with E-state index in [1.54, 1.807) is 12.1 Å². The molecule has 4 heteroatoms. The summed E-state index contributed by atoms with van der Waals surface area (Å²) in [4.78, 5) is 23.9. The third-order valence-electron chi connectivity index (χ3n) is 6.01. The average Bonchev–Trinajstić information content (AvgIpc) is 2.74. The highest BCUT2D eigenvalue weighted by molar-refractivity contribution is 5.92. The summed E-state index contributed by atoms with van der Waals surface area (Å²) in [5, 5.41) is 9.07. The Balaban J connectivity index is 2.76.